The number of amides is 2. The van der Waals surface area contributed by atoms with Crippen molar-refractivity contribution in [3.05, 3.63) is 35.4 Å². The van der Waals surface area contributed by atoms with Crippen LogP contribution in [0.25, 0.3) is 6.08 Å². The largest absolute Gasteiger partial charge is 0.462 e. The Kier molecular flexibility index (Phi) is 7.89. The molecule has 0 saturated heterocycles. The van der Waals surface area contributed by atoms with Crippen molar-refractivity contribution in [1.29, 1.82) is 0 Å². The fourth-order valence-corrected chi connectivity index (χ4v) is 3.36. The molecule has 1 aromatic carbocycles. The second-order valence-electron chi connectivity index (χ2n) is 7.31. The standard InChI is InChI=1S/C22H32N2O3/c1-5-7-9-17(6-2)16-27-20(25)13-12-18-10-8-11-19-14-15-24(21(18)19)22(26)23(3)4/h8,10-13,17H,5-7,9,14-16H2,1-4H3/b13-12+. The number of benzene rings is 1. The number of para-hydroxylation sites is 1. The number of carbonyl (C=O) groups is 2. The maximum Gasteiger partial charge on any atom is 0.330 e. The number of esters is 1. The van der Waals surface area contributed by atoms with Gasteiger partial charge in [0.2, 0.25) is 0 Å². The van der Waals surface area contributed by atoms with Crippen LogP contribution in [-0.2, 0) is 16.0 Å². The second kappa shape index (κ2) is 10.1. The van der Waals surface area contributed by atoms with Gasteiger partial charge in [-0.15, -0.1) is 0 Å². The van der Waals surface area contributed by atoms with Crippen LogP contribution in [0.5, 0.6) is 0 Å². The van der Waals surface area contributed by atoms with Crippen molar-refractivity contribution in [2.45, 2.75) is 46.0 Å². The lowest BCUT2D eigenvalue weighted by Gasteiger charge is -2.23. The summed E-state index contributed by atoms with van der Waals surface area (Å²) in [6.45, 7) is 5.44. The van der Waals surface area contributed by atoms with Gasteiger partial charge in [0.15, 0.2) is 0 Å². The van der Waals surface area contributed by atoms with Crippen LogP contribution in [0.2, 0.25) is 0 Å². The Morgan fingerprint density at radius 2 is 2.07 bits per heavy atom. The number of urea groups is 1. The molecule has 2 amide bonds. The van der Waals surface area contributed by atoms with E-state index >= 15 is 0 Å². The molecule has 1 aromatic rings. The lowest BCUT2D eigenvalue weighted by Crippen LogP contribution is -2.38. The van der Waals surface area contributed by atoms with E-state index in [4.69, 9.17) is 4.74 Å². The summed E-state index contributed by atoms with van der Waals surface area (Å²) < 4.78 is 5.43. The quantitative estimate of drug-likeness (QED) is 0.498. The highest BCUT2D eigenvalue weighted by atomic mass is 16.5. The first kappa shape index (κ1) is 21.0. The molecule has 0 aliphatic carbocycles. The van der Waals surface area contributed by atoms with Crippen molar-refractivity contribution >= 4 is 23.8 Å². The SMILES string of the molecule is CCCCC(CC)COC(=O)/C=C/c1cccc2c1N(C(=O)N(C)C)CC2. The molecule has 5 heteroatoms. The lowest BCUT2D eigenvalue weighted by atomic mass is 10.0. The summed E-state index contributed by atoms with van der Waals surface area (Å²) >= 11 is 0. The van der Waals surface area contributed by atoms with Gasteiger partial charge in [0, 0.05) is 26.7 Å². The van der Waals surface area contributed by atoms with Crippen LogP contribution in [0.3, 0.4) is 0 Å². The van der Waals surface area contributed by atoms with Crippen LogP contribution >= 0.6 is 0 Å². The molecule has 0 fully saturated rings. The molecule has 0 radical (unpaired) electrons. The molecule has 1 aliphatic heterocycles. The highest BCUT2D eigenvalue weighted by Crippen LogP contribution is 2.33. The molecule has 1 atom stereocenters. The van der Waals surface area contributed by atoms with Crippen molar-refractivity contribution in [3.8, 4) is 0 Å². The highest BCUT2D eigenvalue weighted by molar-refractivity contribution is 5.97. The van der Waals surface area contributed by atoms with E-state index in [2.05, 4.69) is 13.8 Å². The van der Waals surface area contributed by atoms with Crippen molar-refractivity contribution in [2.75, 3.05) is 32.1 Å². The fourth-order valence-electron chi connectivity index (χ4n) is 3.36. The van der Waals surface area contributed by atoms with Crippen molar-refractivity contribution < 1.29 is 14.3 Å². The first-order valence-corrected chi connectivity index (χ1v) is 9.93. The summed E-state index contributed by atoms with van der Waals surface area (Å²) in [5.41, 5.74) is 2.90. The van der Waals surface area contributed by atoms with Crippen molar-refractivity contribution in [1.82, 2.24) is 4.90 Å². The number of ether oxygens (including phenoxy) is 1. The van der Waals surface area contributed by atoms with E-state index in [-0.39, 0.29) is 12.0 Å². The summed E-state index contributed by atoms with van der Waals surface area (Å²) in [7, 11) is 3.50. The molecule has 0 aromatic heterocycles. The van der Waals surface area contributed by atoms with Gasteiger partial charge >= 0.3 is 12.0 Å². The topological polar surface area (TPSA) is 49.9 Å². The van der Waals surface area contributed by atoms with Crippen LogP contribution in [0.4, 0.5) is 10.5 Å². The molecule has 1 heterocycles. The lowest BCUT2D eigenvalue weighted by molar-refractivity contribution is -0.139. The minimum atomic E-state index is -0.328. The van der Waals surface area contributed by atoms with Crippen LogP contribution in [0, 0.1) is 5.92 Å². The summed E-state index contributed by atoms with van der Waals surface area (Å²) in [6.07, 6.45) is 8.50. The zero-order valence-corrected chi connectivity index (χ0v) is 17.0. The van der Waals surface area contributed by atoms with Gasteiger partial charge in [0.1, 0.15) is 0 Å². The van der Waals surface area contributed by atoms with E-state index in [9.17, 15) is 9.59 Å². The molecule has 0 saturated carbocycles. The summed E-state index contributed by atoms with van der Waals surface area (Å²) in [4.78, 5) is 27.9. The van der Waals surface area contributed by atoms with E-state index in [1.165, 1.54) is 6.08 Å². The monoisotopic (exact) mass is 372 g/mol. The third-order valence-electron chi connectivity index (χ3n) is 5.04. The third-order valence-corrected chi connectivity index (χ3v) is 5.04. The molecule has 148 valence electrons. The Bertz CT molecular complexity index is 682. The number of carbonyl (C=O) groups excluding carboxylic acids is 2. The van der Waals surface area contributed by atoms with Gasteiger partial charge in [-0.3, -0.25) is 4.90 Å². The molecular weight excluding hydrogens is 340 g/mol. The maximum atomic E-state index is 12.4. The van der Waals surface area contributed by atoms with E-state index < -0.39 is 0 Å². The van der Waals surface area contributed by atoms with E-state index in [1.807, 2.05) is 18.2 Å². The second-order valence-corrected chi connectivity index (χ2v) is 7.31. The molecular formula is C22H32N2O3. The number of unbranched alkanes of at least 4 members (excludes halogenated alkanes) is 1. The average Bonchev–Trinajstić information content (AvgIpc) is 3.10. The number of hydrogen-bond acceptors (Lipinski definition) is 3. The molecule has 1 aliphatic rings. The van der Waals surface area contributed by atoms with Gasteiger partial charge in [-0.2, -0.15) is 0 Å². The van der Waals surface area contributed by atoms with E-state index in [1.54, 1.807) is 30.0 Å². The molecule has 0 bridgehead atoms. The van der Waals surface area contributed by atoms with Gasteiger partial charge in [0.05, 0.1) is 12.3 Å². The van der Waals surface area contributed by atoms with Gasteiger partial charge in [-0.25, -0.2) is 9.59 Å². The Morgan fingerprint density at radius 3 is 2.74 bits per heavy atom. The first-order chi connectivity index (χ1) is 13.0. The van der Waals surface area contributed by atoms with Gasteiger partial charge in [-0.05, 0) is 36.0 Å². The van der Waals surface area contributed by atoms with Gasteiger partial charge in [0.25, 0.3) is 0 Å². The molecule has 0 N–H and O–H groups in total. The van der Waals surface area contributed by atoms with Crippen LogP contribution in [0.15, 0.2) is 24.3 Å². The highest BCUT2D eigenvalue weighted by Gasteiger charge is 2.27. The predicted molar refractivity (Wildman–Crippen MR) is 110 cm³/mol. The summed E-state index contributed by atoms with van der Waals surface area (Å²) in [5, 5.41) is 0. The average molecular weight is 373 g/mol. The number of hydrogen-bond donors (Lipinski definition) is 0. The van der Waals surface area contributed by atoms with Crippen LogP contribution in [0.1, 0.15) is 50.7 Å². The zero-order valence-electron chi connectivity index (χ0n) is 17.0. The van der Waals surface area contributed by atoms with Gasteiger partial charge < -0.3 is 9.64 Å². The van der Waals surface area contributed by atoms with Gasteiger partial charge in [-0.1, -0.05) is 51.3 Å². The fraction of sp³-hybridized carbons (Fsp3) is 0.545. The van der Waals surface area contributed by atoms with Crippen molar-refractivity contribution in [3.63, 3.8) is 0 Å². The molecule has 5 nitrogen and oxygen atoms in total. The first-order valence-electron chi connectivity index (χ1n) is 9.93. The number of fused-ring (bicyclic) bond motifs is 1. The third kappa shape index (κ3) is 5.59. The predicted octanol–water partition coefficient (Wildman–Crippen LogP) is 4.50. The minimum absolute atomic E-state index is 0.0427. The normalized spacial score (nSPS) is 14.3. The Labute approximate surface area is 163 Å². The minimum Gasteiger partial charge on any atom is -0.462 e. The molecule has 0 spiro atoms. The Morgan fingerprint density at radius 1 is 1.30 bits per heavy atom. The maximum absolute atomic E-state index is 12.4. The number of anilines is 1. The molecule has 1 unspecified atom stereocenters. The summed E-state index contributed by atoms with van der Waals surface area (Å²) in [6, 6.07) is 5.89. The Hall–Kier alpha value is -2.30. The molecule has 2 rings (SSSR count). The molecule has 27 heavy (non-hydrogen) atoms. The van der Waals surface area contributed by atoms with E-state index in [0.717, 1.165) is 48.9 Å². The Balaban J connectivity index is 2.04. The number of rotatable bonds is 8. The van der Waals surface area contributed by atoms with Crippen LogP contribution < -0.4 is 4.90 Å². The number of nitrogens with zero attached hydrogens (tertiary/aromatic N) is 2. The van der Waals surface area contributed by atoms with E-state index in [0.29, 0.717) is 19.1 Å². The van der Waals surface area contributed by atoms with Crippen LogP contribution in [-0.4, -0.2) is 44.1 Å². The van der Waals surface area contributed by atoms with Crippen molar-refractivity contribution in [2.24, 2.45) is 5.92 Å². The summed E-state index contributed by atoms with van der Waals surface area (Å²) in [5.74, 6) is 0.0995. The zero-order chi connectivity index (χ0) is 19.8. The smallest absolute Gasteiger partial charge is 0.330 e.